The van der Waals surface area contributed by atoms with E-state index in [2.05, 4.69) is 0 Å². The van der Waals surface area contributed by atoms with E-state index in [1.807, 2.05) is 24.3 Å². The van der Waals surface area contributed by atoms with Gasteiger partial charge in [0.05, 0.1) is 4.91 Å². The molecule has 0 aromatic heterocycles. The molecule has 0 bridgehead atoms. The minimum Gasteiger partial charge on any atom is -0.368 e. The number of rotatable bonds is 3. The van der Waals surface area contributed by atoms with Gasteiger partial charge in [0.15, 0.2) is 0 Å². The largest absolute Gasteiger partial charge is 0.368 e. The number of nitrogens with zero attached hydrogens (tertiary/aromatic N) is 1. The smallest absolute Gasteiger partial charge is 0.239 e. The van der Waals surface area contributed by atoms with E-state index < -0.39 is 22.0 Å². The fourth-order valence-electron chi connectivity index (χ4n) is 3.07. The highest BCUT2D eigenvalue weighted by molar-refractivity contribution is 7.93. The van der Waals surface area contributed by atoms with E-state index in [4.69, 9.17) is 5.73 Å². The predicted octanol–water partition coefficient (Wildman–Crippen LogP) is 1.25. The van der Waals surface area contributed by atoms with Gasteiger partial charge in [-0.15, -0.1) is 0 Å². The molecule has 0 radical (unpaired) electrons. The Morgan fingerprint density at radius 3 is 2.76 bits per heavy atom. The van der Waals surface area contributed by atoms with E-state index in [1.165, 1.54) is 4.31 Å². The molecule has 1 amide bonds. The van der Waals surface area contributed by atoms with Crippen LogP contribution in [-0.4, -0.2) is 31.2 Å². The maximum atomic E-state index is 12.8. The Morgan fingerprint density at radius 2 is 2.00 bits per heavy atom. The monoisotopic (exact) mass is 306 g/mol. The summed E-state index contributed by atoms with van der Waals surface area (Å²) < 4.78 is 26.8. The second-order valence-electron chi connectivity index (χ2n) is 5.49. The van der Waals surface area contributed by atoms with Crippen molar-refractivity contribution in [1.29, 1.82) is 0 Å². The number of allylic oxidation sites excluding steroid dienone is 1. The van der Waals surface area contributed by atoms with Crippen molar-refractivity contribution in [3.8, 4) is 0 Å². The molecule has 112 valence electrons. The number of amides is 1. The summed E-state index contributed by atoms with van der Waals surface area (Å²) in [5.74, 6) is -0.562. The molecule has 2 aliphatic rings. The normalized spacial score (nSPS) is 22.7. The lowest BCUT2D eigenvalue weighted by molar-refractivity contribution is -0.121. The molecule has 21 heavy (non-hydrogen) atoms. The average Bonchev–Trinajstić information content (AvgIpc) is 2.97. The third-order valence-electron chi connectivity index (χ3n) is 4.18. The number of carbonyl (C=O) groups is 1. The fourth-order valence-corrected chi connectivity index (χ4v) is 4.92. The lowest BCUT2D eigenvalue weighted by Gasteiger charge is -2.25. The maximum Gasteiger partial charge on any atom is 0.239 e. The van der Waals surface area contributed by atoms with E-state index in [0.717, 1.165) is 11.1 Å². The molecule has 0 spiro atoms. The molecule has 5 nitrogen and oxygen atoms in total. The molecule has 0 unspecified atom stereocenters. The minimum absolute atomic E-state index is 0.370. The van der Waals surface area contributed by atoms with Crippen LogP contribution in [0.15, 0.2) is 29.2 Å². The van der Waals surface area contributed by atoms with Crippen molar-refractivity contribution in [3.63, 3.8) is 0 Å². The van der Waals surface area contributed by atoms with E-state index in [-0.39, 0.29) is 0 Å². The number of carbonyl (C=O) groups excluding carboxylic acids is 1. The Morgan fingerprint density at radius 1 is 1.24 bits per heavy atom. The molecule has 1 atom stereocenters. The summed E-state index contributed by atoms with van der Waals surface area (Å²) in [6.07, 6.45) is 4.09. The summed E-state index contributed by atoms with van der Waals surface area (Å²) in [7, 11) is -3.61. The standard InChI is InChI=1S/C15H18N2O3S/c16-15(18)14-6-3-9-17(14)21(19,20)13-8-7-11-4-1-2-5-12(11)10-13/h1-2,4-5,10,14H,3,6-9H2,(H2,16,18)/t14-/m0/s1. The van der Waals surface area contributed by atoms with Crippen LogP contribution in [0.3, 0.4) is 0 Å². The average molecular weight is 306 g/mol. The van der Waals surface area contributed by atoms with Gasteiger partial charge in [0, 0.05) is 6.54 Å². The van der Waals surface area contributed by atoms with E-state index >= 15 is 0 Å². The van der Waals surface area contributed by atoms with E-state index in [0.29, 0.717) is 37.1 Å². The van der Waals surface area contributed by atoms with Gasteiger partial charge in [-0.05, 0) is 42.9 Å². The van der Waals surface area contributed by atoms with E-state index in [9.17, 15) is 13.2 Å². The van der Waals surface area contributed by atoms with Gasteiger partial charge >= 0.3 is 0 Å². The van der Waals surface area contributed by atoms with Crippen molar-refractivity contribution in [1.82, 2.24) is 4.31 Å². The van der Waals surface area contributed by atoms with Crippen LogP contribution in [0.1, 0.15) is 30.4 Å². The first-order chi connectivity index (χ1) is 10.00. The number of aryl methyl sites for hydroxylation is 1. The summed E-state index contributed by atoms with van der Waals surface area (Å²) in [6.45, 7) is 0.370. The van der Waals surface area contributed by atoms with Gasteiger partial charge in [0.1, 0.15) is 6.04 Å². The van der Waals surface area contributed by atoms with Crippen LogP contribution in [0.5, 0.6) is 0 Å². The maximum absolute atomic E-state index is 12.8. The molecule has 0 saturated carbocycles. The Labute approximate surface area is 124 Å². The summed E-state index contributed by atoms with van der Waals surface area (Å²) in [4.78, 5) is 11.8. The Bertz CT molecular complexity index is 709. The number of fused-ring (bicyclic) bond motifs is 1. The van der Waals surface area contributed by atoms with Gasteiger partial charge in [-0.2, -0.15) is 4.31 Å². The van der Waals surface area contributed by atoms with Crippen molar-refractivity contribution >= 4 is 22.0 Å². The zero-order valence-corrected chi connectivity index (χ0v) is 12.5. The van der Waals surface area contributed by atoms with Crippen molar-refractivity contribution in [2.45, 2.75) is 31.7 Å². The highest BCUT2D eigenvalue weighted by atomic mass is 32.2. The lowest BCUT2D eigenvalue weighted by Crippen LogP contribution is -2.44. The van der Waals surface area contributed by atoms with Crippen LogP contribution in [0.2, 0.25) is 0 Å². The van der Waals surface area contributed by atoms with Crippen molar-refractivity contribution in [3.05, 3.63) is 40.3 Å². The molecule has 1 aromatic carbocycles. The lowest BCUT2D eigenvalue weighted by atomic mass is 9.98. The second-order valence-corrected chi connectivity index (χ2v) is 7.43. The Kier molecular flexibility index (Phi) is 3.59. The van der Waals surface area contributed by atoms with Crippen molar-refractivity contribution in [2.75, 3.05) is 6.54 Å². The molecule has 1 aromatic rings. The highest BCUT2D eigenvalue weighted by Gasteiger charge is 2.39. The third-order valence-corrected chi connectivity index (χ3v) is 6.22. The molecular weight excluding hydrogens is 288 g/mol. The number of hydrogen-bond acceptors (Lipinski definition) is 3. The van der Waals surface area contributed by atoms with Crippen molar-refractivity contribution < 1.29 is 13.2 Å². The Hall–Kier alpha value is -1.66. The molecule has 1 saturated heterocycles. The molecule has 1 aliphatic carbocycles. The molecule has 3 rings (SSSR count). The number of nitrogens with two attached hydrogens (primary N) is 1. The van der Waals surface area contributed by atoms with Crippen LogP contribution in [-0.2, 0) is 21.2 Å². The first kappa shape index (κ1) is 14.3. The van der Waals surface area contributed by atoms with E-state index in [1.54, 1.807) is 6.08 Å². The molecule has 2 N–H and O–H groups in total. The minimum atomic E-state index is -3.61. The van der Waals surface area contributed by atoms with Gasteiger partial charge in [-0.1, -0.05) is 24.3 Å². The summed E-state index contributed by atoms with van der Waals surface area (Å²) in [6, 6.07) is 7.08. The van der Waals surface area contributed by atoms with Gasteiger partial charge < -0.3 is 5.73 Å². The predicted molar refractivity (Wildman–Crippen MR) is 80.6 cm³/mol. The first-order valence-corrected chi connectivity index (χ1v) is 8.54. The number of hydrogen-bond donors (Lipinski definition) is 1. The van der Waals surface area contributed by atoms with Crippen LogP contribution < -0.4 is 5.73 Å². The van der Waals surface area contributed by atoms with Crippen LogP contribution >= 0.6 is 0 Å². The number of sulfonamides is 1. The second kappa shape index (κ2) is 5.27. The SMILES string of the molecule is NC(=O)[C@@H]1CCCN1S(=O)(=O)C1=Cc2ccccc2CC1. The van der Waals surface area contributed by atoms with Crippen LogP contribution in [0.25, 0.3) is 6.08 Å². The highest BCUT2D eigenvalue weighted by Crippen LogP contribution is 2.32. The number of benzene rings is 1. The topological polar surface area (TPSA) is 80.5 Å². The quantitative estimate of drug-likeness (QED) is 0.912. The van der Waals surface area contributed by atoms with Gasteiger partial charge in [0.25, 0.3) is 0 Å². The zero-order valence-electron chi connectivity index (χ0n) is 11.7. The van der Waals surface area contributed by atoms with Crippen LogP contribution in [0, 0.1) is 0 Å². The molecule has 6 heteroatoms. The van der Waals surface area contributed by atoms with Crippen molar-refractivity contribution in [2.24, 2.45) is 5.73 Å². The summed E-state index contributed by atoms with van der Waals surface area (Å²) in [5, 5.41) is 0. The van der Waals surface area contributed by atoms with Gasteiger partial charge in [0.2, 0.25) is 15.9 Å². The Balaban J connectivity index is 1.97. The fraction of sp³-hybridized carbons (Fsp3) is 0.400. The molecule has 1 heterocycles. The molecule has 1 fully saturated rings. The summed E-state index contributed by atoms with van der Waals surface area (Å²) >= 11 is 0. The molecular formula is C15H18N2O3S. The zero-order chi connectivity index (χ0) is 15.0. The first-order valence-electron chi connectivity index (χ1n) is 7.10. The summed E-state index contributed by atoms with van der Waals surface area (Å²) in [5.41, 5.74) is 7.42. The molecule has 1 aliphatic heterocycles. The van der Waals surface area contributed by atoms with Gasteiger partial charge in [-0.3, -0.25) is 4.79 Å². The number of primary amides is 1. The third kappa shape index (κ3) is 2.49. The van der Waals surface area contributed by atoms with Crippen LogP contribution in [0.4, 0.5) is 0 Å². The van der Waals surface area contributed by atoms with Gasteiger partial charge in [-0.25, -0.2) is 8.42 Å².